The monoisotopic (exact) mass is 406 g/mol. The third kappa shape index (κ3) is 3.30. The van der Waals surface area contributed by atoms with Gasteiger partial charge in [-0.2, -0.15) is 0 Å². The number of aliphatic hydroxyl groups is 3. The van der Waals surface area contributed by atoms with E-state index in [-0.39, 0.29) is 42.1 Å². The molecule has 5 atom stereocenters. The molecular formula is C22H30O7. The van der Waals surface area contributed by atoms with Crippen LogP contribution >= 0.6 is 0 Å². The molecule has 0 aliphatic heterocycles. The molecule has 29 heavy (non-hydrogen) atoms. The van der Waals surface area contributed by atoms with Crippen LogP contribution in [0.5, 0.6) is 0 Å². The van der Waals surface area contributed by atoms with Crippen molar-refractivity contribution in [3.63, 3.8) is 0 Å². The number of carbonyl (C=O) groups is 2. The van der Waals surface area contributed by atoms with E-state index >= 15 is 0 Å². The molecule has 7 heteroatoms. The minimum absolute atomic E-state index is 0.0870. The van der Waals surface area contributed by atoms with Gasteiger partial charge in [0.05, 0.1) is 18.8 Å². The molecule has 1 saturated carbocycles. The summed E-state index contributed by atoms with van der Waals surface area (Å²) in [4.78, 5) is 23.7. The Morgan fingerprint density at radius 3 is 2.59 bits per heavy atom. The second kappa shape index (κ2) is 7.61. The zero-order valence-corrected chi connectivity index (χ0v) is 17.4. The summed E-state index contributed by atoms with van der Waals surface area (Å²) in [5.74, 6) is -1.58. The number of aliphatic hydroxyl groups excluding tert-OH is 3. The van der Waals surface area contributed by atoms with Crippen LogP contribution in [0.15, 0.2) is 34.3 Å². The van der Waals surface area contributed by atoms with Gasteiger partial charge in [-0.1, -0.05) is 20.3 Å². The molecule has 0 spiro atoms. The average molecular weight is 406 g/mol. The smallest absolute Gasteiger partial charge is 0.293 e. The Hall–Kier alpha value is -2.12. The van der Waals surface area contributed by atoms with Crippen LogP contribution in [-0.2, 0) is 19.1 Å². The number of hydrogen-bond acceptors (Lipinski definition) is 7. The molecule has 0 aromatic heterocycles. The number of ether oxygens (including phenoxy) is 2. The molecule has 0 radical (unpaired) electrons. The van der Waals surface area contributed by atoms with Crippen molar-refractivity contribution in [2.75, 3.05) is 13.7 Å². The lowest BCUT2D eigenvalue weighted by molar-refractivity contribution is -0.141. The zero-order valence-electron chi connectivity index (χ0n) is 17.4. The summed E-state index contributed by atoms with van der Waals surface area (Å²) in [6.45, 7) is 6.15. The maximum Gasteiger partial charge on any atom is 0.293 e. The summed E-state index contributed by atoms with van der Waals surface area (Å²) in [7, 11) is 1.51. The van der Waals surface area contributed by atoms with Crippen molar-refractivity contribution in [2.24, 2.45) is 16.7 Å². The van der Waals surface area contributed by atoms with Gasteiger partial charge in [-0.25, -0.2) is 0 Å². The van der Waals surface area contributed by atoms with Crippen molar-refractivity contribution < 1.29 is 34.4 Å². The van der Waals surface area contributed by atoms with Crippen LogP contribution in [0.1, 0.15) is 46.5 Å². The standard InChI is InChI=1S/C22H30O7/c1-12(28-4)8-14-17(25)13-9-15(24)20-21(2,10-29-11-23)6-5-7-22(20,3)16(13)19(27)18(14)26/h9,11-12,15,20,24-25,27H,5-8,10H2,1-4H3/t12-,15+,20-,21+,22+/m0/s1. The minimum Gasteiger partial charge on any atom is -0.507 e. The van der Waals surface area contributed by atoms with Crippen molar-refractivity contribution in [3.8, 4) is 0 Å². The number of fused-ring (bicyclic) bond motifs is 3. The van der Waals surface area contributed by atoms with E-state index in [1.807, 2.05) is 13.8 Å². The molecule has 3 rings (SSSR count). The maximum atomic E-state index is 12.9. The lowest BCUT2D eigenvalue weighted by atomic mass is 9.48. The van der Waals surface area contributed by atoms with Crippen LogP contribution in [0, 0.1) is 16.7 Å². The fourth-order valence-corrected chi connectivity index (χ4v) is 5.74. The van der Waals surface area contributed by atoms with Gasteiger partial charge in [-0.15, -0.1) is 0 Å². The SMILES string of the molecule is CO[C@@H](C)CC1=C(O)C2=C[C@@H](O)[C@H]3[C@@](C)(COC=O)CCC[C@]3(C)C2=C(O)C1=O. The largest absolute Gasteiger partial charge is 0.507 e. The topological polar surface area (TPSA) is 113 Å². The number of hydrogen-bond donors (Lipinski definition) is 3. The average Bonchev–Trinajstić information content (AvgIpc) is 2.67. The Bertz CT molecular complexity index is 808. The Balaban J connectivity index is 2.14. The fraction of sp³-hybridized carbons (Fsp3) is 0.636. The van der Waals surface area contributed by atoms with E-state index in [0.29, 0.717) is 24.0 Å². The van der Waals surface area contributed by atoms with Gasteiger partial charge in [-0.05, 0) is 25.8 Å². The van der Waals surface area contributed by atoms with Gasteiger partial charge in [0.2, 0.25) is 5.78 Å². The van der Waals surface area contributed by atoms with Gasteiger partial charge in [-0.3, -0.25) is 9.59 Å². The molecule has 0 amide bonds. The summed E-state index contributed by atoms with van der Waals surface area (Å²) >= 11 is 0. The molecule has 0 aromatic rings. The minimum atomic E-state index is -0.927. The molecule has 0 bridgehead atoms. The number of ketones is 1. The number of rotatable bonds is 6. The first kappa shape index (κ1) is 21.6. The fourth-order valence-electron chi connectivity index (χ4n) is 5.74. The predicted octanol–water partition coefficient (Wildman–Crippen LogP) is 2.90. The summed E-state index contributed by atoms with van der Waals surface area (Å²) in [6.07, 6.45) is 2.56. The summed E-state index contributed by atoms with van der Waals surface area (Å²) in [5.41, 5.74) is -0.512. The molecule has 0 aromatic carbocycles. The summed E-state index contributed by atoms with van der Waals surface area (Å²) in [6, 6.07) is 0. The third-order valence-electron chi connectivity index (χ3n) is 7.04. The molecule has 7 nitrogen and oxygen atoms in total. The first-order chi connectivity index (χ1) is 13.6. The number of carbonyl (C=O) groups excluding carboxylic acids is 2. The molecule has 3 aliphatic carbocycles. The third-order valence-corrected chi connectivity index (χ3v) is 7.04. The predicted molar refractivity (Wildman–Crippen MR) is 105 cm³/mol. The Morgan fingerprint density at radius 1 is 1.28 bits per heavy atom. The van der Waals surface area contributed by atoms with Crippen LogP contribution in [0.2, 0.25) is 0 Å². The van der Waals surface area contributed by atoms with Crippen molar-refractivity contribution in [3.05, 3.63) is 34.3 Å². The molecule has 0 unspecified atom stereocenters. The van der Waals surface area contributed by atoms with Gasteiger partial charge in [0.1, 0.15) is 5.76 Å². The zero-order chi connectivity index (χ0) is 21.6. The molecule has 0 heterocycles. The number of Topliss-reactive ketones (excluding diaryl/α,β-unsaturated/α-hetero) is 1. The van der Waals surface area contributed by atoms with Crippen molar-refractivity contribution in [1.82, 2.24) is 0 Å². The van der Waals surface area contributed by atoms with E-state index in [1.54, 1.807) is 6.92 Å². The lowest BCUT2D eigenvalue weighted by Gasteiger charge is -2.56. The Labute approximate surface area is 170 Å². The highest BCUT2D eigenvalue weighted by Gasteiger charge is 2.58. The summed E-state index contributed by atoms with van der Waals surface area (Å²) in [5, 5.41) is 32.9. The lowest BCUT2D eigenvalue weighted by Crippen LogP contribution is -2.55. The van der Waals surface area contributed by atoms with Crippen molar-refractivity contribution in [1.29, 1.82) is 0 Å². The van der Waals surface area contributed by atoms with Gasteiger partial charge in [0.15, 0.2) is 5.76 Å². The van der Waals surface area contributed by atoms with E-state index in [2.05, 4.69) is 0 Å². The van der Waals surface area contributed by atoms with Gasteiger partial charge in [0, 0.05) is 47.0 Å². The highest BCUT2D eigenvalue weighted by Crippen LogP contribution is 2.61. The van der Waals surface area contributed by atoms with Crippen LogP contribution in [-0.4, -0.2) is 53.5 Å². The highest BCUT2D eigenvalue weighted by molar-refractivity contribution is 6.10. The van der Waals surface area contributed by atoms with E-state index in [1.165, 1.54) is 13.2 Å². The molecular weight excluding hydrogens is 376 g/mol. The molecule has 160 valence electrons. The van der Waals surface area contributed by atoms with E-state index in [0.717, 1.165) is 12.8 Å². The molecule has 3 N–H and O–H groups in total. The van der Waals surface area contributed by atoms with Crippen LogP contribution < -0.4 is 0 Å². The summed E-state index contributed by atoms with van der Waals surface area (Å²) < 4.78 is 10.3. The second-order valence-electron chi connectivity index (χ2n) is 9.01. The molecule has 0 saturated heterocycles. The van der Waals surface area contributed by atoms with Crippen molar-refractivity contribution >= 4 is 12.3 Å². The van der Waals surface area contributed by atoms with Crippen LogP contribution in [0.25, 0.3) is 0 Å². The van der Waals surface area contributed by atoms with Crippen molar-refractivity contribution in [2.45, 2.75) is 58.7 Å². The van der Waals surface area contributed by atoms with E-state index in [4.69, 9.17) is 9.47 Å². The Morgan fingerprint density at radius 2 is 1.97 bits per heavy atom. The number of allylic oxidation sites excluding steroid dienone is 2. The van der Waals surface area contributed by atoms with Gasteiger partial charge < -0.3 is 24.8 Å². The molecule has 1 fully saturated rings. The molecule has 3 aliphatic rings. The second-order valence-corrected chi connectivity index (χ2v) is 9.01. The van der Waals surface area contributed by atoms with Gasteiger partial charge in [0.25, 0.3) is 6.47 Å². The quantitative estimate of drug-likeness (QED) is 0.581. The maximum absolute atomic E-state index is 12.9. The first-order valence-corrected chi connectivity index (χ1v) is 10.00. The number of methoxy groups -OCH3 is 1. The highest BCUT2D eigenvalue weighted by atomic mass is 16.5. The van der Waals surface area contributed by atoms with E-state index < -0.39 is 22.7 Å². The first-order valence-electron chi connectivity index (χ1n) is 10.00. The van der Waals surface area contributed by atoms with E-state index in [9.17, 15) is 24.9 Å². The van der Waals surface area contributed by atoms with Gasteiger partial charge >= 0.3 is 0 Å². The Kier molecular flexibility index (Phi) is 5.66. The van der Waals surface area contributed by atoms with Crippen LogP contribution in [0.4, 0.5) is 0 Å². The van der Waals surface area contributed by atoms with Crippen LogP contribution in [0.3, 0.4) is 0 Å². The normalized spacial score (nSPS) is 35.6.